The fraction of sp³-hybridized carbons (Fsp3) is 0.562. The van der Waals surface area contributed by atoms with Crippen LogP contribution in [0.25, 0.3) is 0 Å². The highest BCUT2D eigenvalue weighted by Gasteiger charge is 2.26. The molecule has 0 radical (unpaired) electrons. The molecule has 1 aromatic rings. The van der Waals surface area contributed by atoms with E-state index in [1.54, 1.807) is 33.5 Å². The fourth-order valence-corrected chi connectivity index (χ4v) is 2.89. The Kier molecular flexibility index (Phi) is 5.49. The average molecular weight is 308 g/mol. The number of hydrogen-bond acceptors (Lipinski definition) is 5. The third-order valence-electron chi connectivity index (χ3n) is 4.15. The van der Waals surface area contributed by atoms with Crippen LogP contribution in [-0.2, 0) is 4.79 Å². The Morgan fingerprint density at radius 2 is 1.77 bits per heavy atom. The lowest BCUT2D eigenvalue weighted by Crippen LogP contribution is -2.28. The van der Waals surface area contributed by atoms with Gasteiger partial charge >= 0.3 is 0 Å². The number of nitrogens with one attached hydrogen (secondary N) is 1. The number of methoxy groups -OCH3 is 3. The number of ether oxygens (including phenoxy) is 3. The maximum absolute atomic E-state index is 12.2. The molecule has 1 amide bonds. The molecular formula is C16H24N2O4. The first-order valence-electron chi connectivity index (χ1n) is 7.44. The Labute approximate surface area is 130 Å². The summed E-state index contributed by atoms with van der Waals surface area (Å²) < 4.78 is 15.8. The minimum Gasteiger partial charge on any atom is -0.494 e. The zero-order valence-corrected chi connectivity index (χ0v) is 13.3. The van der Waals surface area contributed by atoms with Crippen LogP contribution in [0.1, 0.15) is 25.7 Å². The van der Waals surface area contributed by atoms with E-state index >= 15 is 0 Å². The summed E-state index contributed by atoms with van der Waals surface area (Å²) in [4.78, 5) is 12.2. The fourth-order valence-electron chi connectivity index (χ4n) is 2.89. The summed E-state index contributed by atoms with van der Waals surface area (Å²) in [5.41, 5.74) is 6.59. The molecule has 0 aromatic heterocycles. The largest absolute Gasteiger partial charge is 0.494 e. The second-order valence-corrected chi connectivity index (χ2v) is 5.51. The standard InChI is InChI=1S/C16H24N2O4/c1-20-13-9-15(22-3)14(21-2)8-12(13)18-16(19)7-10-5-4-6-11(10)17/h8-11H,4-7,17H2,1-3H3,(H,18,19)/t10-,11+/m0/s1. The van der Waals surface area contributed by atoms with E-state index in [0.717, 1.165) is 19.3 Å². The van der Waals surface area contributed by atoms with Crippen molar-refractivity contribution in [1.82, 2.24) is 0 Å². The molecule has 3 N–H and O–H groups in total. The molecule has 1 fully saturated rings. The monoisotopic (exact) mass is 308 g/mol. The van der Waals surface area contributed by atoms with Crippen LogP contribution in [-0.4, -0.2) is 33.3 Å². The smallest absolute Gasteiger partial charge is 0.224 e. The molecule has 1 aliphatic carbocycles. The van der Waals surface area contributed by atoms with E-state index in [0.29, 0.717) is 29.4 Å². The predicted octanol–water partition coefficient (Wildman–Crippen LogP) is 2.17. The zero-order chi connectivity index (χ0) is 16.1. The highest BCUT2D eigenvalue weighted by molar-refractivity contribution is 5.93. The number of carbonyl (C=O) groups excluding carboxylic acids is 1. The topological polar surface area (TPSA) is 82.8 Å². The molecule has 1 aliphatic rings. The molecule has 6 nitrogen and oxygen atoms in total. The summed E-state index contributed by atoms with van der Waals surface area (Å²) in [6.07, 6.45) is 3.53. The van der Waals surface area contributed by atoms with Gasteiger partial charge in [-0.05, 0) is 18.8 Å². The second-order valence-electron chi connectivity index (χ2n) is 5.51. The first-order valence-corrected chi connectivity index (χ1v) is 7.44. The zero-order valence-electron chi connectivity index (χ0n) is 13.3. The first-order chi connectivity index (χ1) is 10.6. The van der Waals surface area contributed by atoms with Crippen molar-refractivity contribution < 1.29 is 19.0 Å². The van der Waals surface area contributed by atoms with Crippen molar-refractivity contribution in [1.29, 1.82) is 0 Å². The number of rotatable bonds is 6. The molecule has 122 valence electrons. The average Bonchev–Trinajstić information content (AvgIpc) is 2.91. The van der Waals surface area contributed by atoms with E-state index in [1.807, 2.05) is 0 Å². The maximum atomic E-state index is 12.2. The molecule has 0 saturated heterocycles. The molecule has 2 rings (SSSR count). The molecular weight excluding hydrogens is 284 g/mol. The summed E-state index contributed by atoms with van der Waals surface area (Å²) >= 11 is 0. The molecule has 0 bridgehead atoms. The Balaban J connectivity index is 2.12. The Hall–Kier alpha value is -1.95. The first kappa shape index (κ1) is 16.4. The van der Waals surface area contributed by atoms with Gasteiger partial charge in [0.2, 0.25) is 5.91 Å². The summed E-state index contributed by atoms with van der Waals surface area (Å²) in [6.45, 7) is 0. The van der Waals surface area contributed by atoms with Crippen LogP contribution in [0.4, 0.5) is 5.69 Å². The molecule has 1 saturated carbocycles. The predicted molar refractivity (Wildman–Crippen MR) is 84.7 cm³/mol. The Morgan fingerprint density at radius 1 is 1.14 bits per heavy atom. The summed E-state index contributed by atoms with van der Waals surface area (Å²) in [7, 11) is 4.65. The van der Waals surface area contributed by atoms with Gasteiger partial charge in [0.25, 0.3) is 0 Å². The van der Waals surface area contributed by atoms with E-state index in [9.17, 15) is 4.79 Å². The lowest BCUT2D eigenvalue weighted by atomic mass is 10.00. The SMILES string of the molecule is COc1cc(OC)c(OC)cc1NC(=O)C[C@@H]1CCC[C@H]1N. The van der Waals surface area contributed by atoms with Crippen molar-refractivity contribution in [3.63, 3.8) is 0 Å². The summed E-state index contributed by atoms with van der Waals surface area (Å²) in [6, 6.07) is 3.51. The van der Waals surface area contributed by atoms with Gasteiger partial charge in [-0.25, -0.2) is 0 Å². The normalized spacial score (nSPS) is 20.5. The Bertz CT molecular complexity index is 533. The van der Waals surface area contributed by atoms with Crippen molar-refractivity contribution >= 4 is 11.6 Å². The molecule has 1 aromatic carbocycles. The highest BCUT2D eigenvalue weighted by Crippen LogP contribution is 2.38. The number of benzene rings is 1. The van der Waals surface area contributed by atoms with Crippen molar-refractivity contribution in [3.8, 4) is 17.2 Å². The third-order valence-corrected chi connectivity index (χ3v) is 4.15. The molecule has 0 unspecified atom stereocenters. The lowest BCUT2D eigenvalue weighted by Gasteiger charge is -2.17. The lowest BCUT2D eigenvalue weighted by molar-refractivity contribution is -0.117. The molecule has 2 atom stereocenters. The van der Waals surface area contributed by atoms with Crippen molar-refractivity contribution in [2.75, 3.05) is 26.6 Å². The van der Waals surface area contributed by atoms with Gasteiger partial charge in [-0.2, -0.15) is 0 Å². The van der Waals surface area contributed by atoms with Crippen molar-refractivity contribution in [3.05, 3.63) is 12.1 Å². The number of anilines is 1. The van der Waals surface area contributed by atoms with Crippen LogP contribution in [0.3, 0.4) is 0 Å². The van der Waals surface area contributed by atoms with Crippen molar-refractivity contribution in [2.45, 2.75) is 31.7 Å². The molecule has 0 aliphatic heterocycles. The molecule has 22 heavy (non-hydrogen) atoms. The number of hydrogen-bond donors (Lipinski definition) is 2. The van der Waals surface area contributed by atoms with Crippen LogP contribution >= 0.6 is 0 Å². The van der Waals surface area contributed by atoms with Gasteiger partial charge in [-0.3, -0.25) is 4.79 Å². The highest BCUT2D eigenvalue weighted by atomic mass is 16.5. The van der Waals surface area contributed by atoms with Gasteiger partial charge in [0.15, 0.2) is 11.5 Å². The second kappa shape index (κ2) is 7.35. The third kappa shape index (κ3) is 3.62. The molecule has 0 heterocycles. The van der Waals surface area contributed by atoms with Gasteiger partial charge in [0, 0.05) is 24.6 Å². The van der Waals surface area contributed by atoms with Crippen LogP contribution in [0.15, 0.2) is 12.1 Å². The van der Waals surface area contributed by atoms with Crippen LogP contribution in [0.5, 0.6) is 17.2 Å². The van der Waals surface area contributed by atoms with Crippen molar-refractivity contribution in [2.24, 2.45) is 11.7 Å². The van der Waals surface area contributed by atoms with E-state index in [-0.39, 0.29) is 17.9 Å². The minimum absolute atomic E-state index is 0.0622. The maximum Gasteiger partial charge on any atom is 0.224 e. The molecule has 0 spiro atoms. The van der Waals surface area contributed by atoms with Gasteiger partial charge in [0.1, 0.15) is 5.75 Å². The number of nitrogens with two attached hydrogens (primary N) is 1. The van der Waals surface area contributed by atoms with Gasteiger partial charge in [-0.1, -0.05) is 6.42 Å². The van der Waals surface area contributed by atoms with Gasteiger partial charge < -0.3 is 25.3 Å². The molecule has 6 heteroatoms. The number of carbonyl (C=O) groups is 1. The van der Waals surface area contributed by atoms with Gasteiger partial charge in [-0.15, -0.1) is 0 Å². The van der Waals surface area contributed by atoms with Crippen LogP contribution in [0, 0.1) is 5.92 Å². The van der Waals surface area contributed by atoms with Crippen LogP contribution < -0.4 is 25.3 Å². The minimum atomic E-state index is -0.0622. The van der Waals surface area contributed by atoms with E-state index < -0.39 is 0 Å². The van der Waals surface area contributed by atoms with Crippen LogP contribution in [0.2, 0.25) is 0 Å². The Morgan fingerprint density at radius 3 is 2.32 bits per heavy atom. The summed E-state index contributed by atoms with van der Waals surface area (Å²) in [5.74, 6) is 1.81. The quantitative estimate of drug-likeness (QED) is 0.841. The number of amides is 1. The summed E-state index contributed by atoms with van der Waals surface area (Å²) in [5, 5.41) is 2.88. The van der Waals surface area contributed by atoms with E-state index in [2.05, 4.69) is 5.32 Å². The van der Waals surface area contributed by atoms with E-state index in [1.165, 1.54) is 0 Å². The van der Waals surface area contributed by atoms with Gasteiger partial charge in [0.05, 0.1) is 27.0 Å². The van der Waals surface area contributed by atoms with E-state index in [4.69, 9.17) is 19.9 Å².